The van der Waals surface area contributed by atoms with Crippen molar-refractivity contribution < 1.29 is 84.2 Å². The van der Waals surface area contributed by atoms with Crippen LogP contribution in [-0.4, -0.2) is 176 Å². The molecule has 17 heteroatoms. The summed E-state index contributed by atoms with van der Waals surface area (Å²) in [6.07, 6.45) is -24.0. The summed E-state index contributed by atoms with van der Waals surface area (Å²) in [4.78, 5) is 0. The van der Waals surface area contributed by atoms with E-state index in [4.69, 9.17) is 33.2 Å². The third-order valence-corrected chi connectivity index (χ3v) is 6.73. The maximum Gasteiger partial charge on any atom is 0.187 e. The quantitative estimate of drug-likeness (QED) is 0.142. The summed E-state index contributed by atoms with van der Waals surface area (Å²) >= 11 is 0. The van der Waals surface area contributed by atoms with Gasteiger partial charge in [0, 0.05) is 0 Å². The highest BCUT2D eigenvalue weighted by Gasteiger charge is 2.51. The maximum atomic E-state index is 10.6. The maximum absolute atomic E-state index is 10.6. The average Bonchev–Trinajstić information content (AvgIpc) is 3.15. The lowest BCUT2D eigenvalue weighted by Gasteiger charge is -2.44. The van der Waals surface area contributed by atoms with Crippen LogP contribution in [0.4, 0.5) is 0 Å². The predicted molar refractivity (Wildman–Crippen MR) is 110 cm³/mol. The summed E-state index contributed by atoms with van der Waals surface area (Å²) in [5.41, 5.74) is 0. The molecule has 10 N–H and O–H groups in total. The Kier molecular flexibility index (Phi) is 9.69. The molecule has 17 nitrogen and oxygen atoms in total. The van der Waals surface area contributed by atoms with Gasteiger partial charge in [0.15, 0.2) is 25.2 Å². The largest absolute Gasteiger partial charge is 0.394 e. The molecule has 37 heavy (non-hydrogen) atoms. The Bertz CT molecular complexity index is 731. The molecule has 4 aliphatic rings. The van der Waals surface area contributed by atoms with Gasteiger partial charge in [-0.25, -0.2) is 0 Å². The Balaban J connectivity index is 1.37. The molecule has 216 valence electrons. The molecule has 4 aliphatic heterocycles. The van der Waals surface area contributed by atoms with E-state index in [-0.39, 0.29) is 6.61 Å². The molecular weight excluding hydrogens is 512 g/mol. The molecule has 4 rings (SSSR count). The molecule has 16 atom stereocenters. The molecular formula is C20H34O17. The van der Waals surface area contributed by atoms with Crippen molar-refractivity contribution in [2.24, 2.45) is 0 Å². The van der Waals surface area contributed by atoms with Gasteiger partial charge in [-0.15, -0.1) is 0 Å². The molecule has 0 spiro atoms. The molecule has 0 radical (unpaired) electrons. The Morgan fingerprint density at radius 2 is 1.11 bits per heavy atom. The predicted octanol–water partition coefficient (Wildman–Crippen LogP) is -7.19. The van der Waals surface area contributed by atoms with Crippen LogP contribution in [0.25, 0.3) is 0 Å². The fraction of sp³-hybridized carbons (Fsp3) is 1.00. The fourth-order valence-corrected chi connectivity index (χ4v) is 4.41. The van der Waals surface area contributed by atoms with E-state index in [0.29, 0.717) is 0 Å². The van der Waals surface area contributed by atoms with Crippen LogP contribution in [0.1, 0.15) is 0 Å². The first kappa shape index (κ1) is 29.3. The minimum absolute atomic E-state index is 0.335. The Morgan fingerprint density at radius 1 is 0.541 bits per heavy atom. The fourth-order valence-electron chi connectivity index (χ4n) is 4.41. The van der Waals surface area contributed by atoms with Crippen molar-refractivity contribution in [3.05, 3.63) is 0 Å². The number of ether oxygens (including phenoxy) is 7. The van der Waals surface area contributed by atoms with Gasteiger partial charge in [0.1, 0.15) is 73.2 Å². The van der Waals surface area contributed by atoms with E-state index in [1.807, 2.05) is 0 Å². The van der Waals surface area contributed by atoms with Crippen LogP contribution in [0.5, 0.6) is 0 Å². The van der Waals surface area contributed by atoms with Gasteiger partial charge < -0.3 is 84.2 Å². The highest BCUT2D eigenvalue weighted by Crippen LogP contribution is 2.30. The van der Waals surface area contributed by atoms with Crippen molar-refractivity contribution in [1.82, 2.24) is 0 Å². The van der Waals surface area contributed by atoms with Crippen LogP contribution in [0.3, 0.4) is 0 Å². The first-order valence-electron chi connectivity index (χ1n) is 11.7. The molecule has 0 saturated carbocycles. The zero-order valence-corrected chi connectivity index (χ0v) is 19.4. The Labute approximate surface area is 209 Å². The van der Waals surface area contributed by atoms with Crippen LogP contribution in [-0.2, 0) is 33.2 Å². The molecule has 0 amide bonds. The normalized spacial score (nSPS) is 53.4. The lowest BCUT2D eigenvalue weighted by molar-refractivity contribution is -0.358. The molecule has 0 aromatic carbocycles. The van der Waals surface area contributed by atoms with Crippen LogP contribution >= 0.6 is 0 Å². The minimum Gasteiger partial charge on any atom is -0.394 e. The summed E-state index contributed by atoms with van der Waals surface area (Å²) < 4.78 is 37.5. The SMILES string of the molecule is OC[C@@H]1O[C@@H](O[C@H]2[C@H](O[C@@H]3CO[C@@H](O[C@@H]4CO[C@@H](O)[C@H](O)[C@H]4O)[C@H](O)[C@H]3O)OC[C@@H](O)[C@@H]2O)[C@H](O)[C@H]1O. The van der Waals surface area contributed by atoms with Crippen molar-refractivity contribution in [2.45, 2.75) is 98.4 Å². The third kappa shape index (κ3) is 6.08. The molecule has 0 bridgehead atoms. The minimum atomic E-state index is -1.73. The van der Waals surface area contributed by atoms with Crippen molar-refractivity contribution >= 4 is 0 Å². The van der Waals surface area contributed by atoms with Gasteiger partial charge in [-0.05, 0) is 0 Å². The second kappa shape index (κ2) is 12.2. The lowest BCUT2D eigenvalue weighted by atomic mass is 10.0. The molecule has 0 aromatic heterocycles. The van der Waals surface area contributed by atoms with Crippen molar-refractivity contribution in [3.8, 4) is 0 Å². The van der Waals surface area contributed by atoms with E-state index in [9.17, 15) is 51.1 Å². The van der Waals surface area contributed by atoms with E-state index >= 15 is 0 Å². The van der Waals surface area contributed by atoms with Gasteiger partial charge in [-0.1, -0.05) is 0 Å². The molecule has 0 unspecified atom stereocenters. The summed E-state index contributed by atoms with van der Waals surface area (Å²) in [7, 11) is 0. The Hall–Kier alpha value is -0.680. The molecule has 4 saturated heterocycles. The van der Waals surface area contributed by atoms with E-state index in [2.05, 4.69) is 0 Å². The zero-order valence-electron chi connectivity index (χ0n) is 19.4. The Morgan fingerprint density at radius 3 is 1.76 bits per heavy atom. The van der Waals surface area contributed by atoms with Gasteiger partial charge in [0.2, 0.25) is 0 Å². The number of aliphatic hydroxyl groups is 10. The lowest BCUT2D eigenvalue weighted by Crippen LogP contribution is -2.62. The van der Waals surface area contributed by atoms with E-state index in [0.717, 1.165) is 0 Å². The van der Waals surface area contributed by atoms with Crippen LogP contribution in [0, 0.1) is 0 Å². The van der Waals surface area contributed by atoms with Crippen LogP contribution < -0.4 is 0 Å². The van der Waals surface area contributed by atoms with Crippen LogP contribution in [0.15, 0.2) is 0 Å². The second-order valence-corrected chi connectivity index (χ2v) is 9.30. The average molecular weight is 546 g/mol. The zero-order chi connectivity index (χ0) is 27.0. The summed E-state index contributed by atoms with van der Waals surface area (Å²) in [6.45, 7) is -1.75. The first-order valence-corrected chi connectivity index (χ1v) is 11.7. The second-order valence-electron chi connectivity index (χ2n) is 9.30. The molecule has 4 heterocycles. The van der Waals surface area contributed by atoms with Crippen molar-refractivity contribution in [2.75, 3.05) is 26.4 Å². The number of rotatable bonds is 7. The number of hydrogen-bond donors (Lipinski definition) is 10. The van der Waals surface area contributed by atoms with E-state index < -0.39 is 118 Å². The highest BCUT2D eigenvalue weighted by molar-refractivity contribution is 4.92. The standard InChI is InChI=1S/C20H34O17/c21-1-6-10(24)15(29)19(34-6)37-16-9(23)5(22)2-32-20(16)36-8-4-33-18(14(28)12(8)26)35-7-3-31-17(30)13(27)11(7)25/h5-30H,1-4H2/t5-,6+,7-,8-,9+,10+,11+,12+,13-,14-,15-,16-,17-,18+,19+,20+/m1/s1. The topological polar surface area (TPSA) is 267 Å². The van der Waals surface area contributed by atoms with Gasteiger partial charge in [-0.2, -0.15) is 0 Å². The van der Waals surface area contributed by atoms with Gasteiger partial charge in [0.25, 0.3) is 0 Å². The number of aliphatic hydroxyl groups excluding tert-OH is 10. The molecule has 0 aromatic rings. The number of hydrogen-bond acceptors (Lipinski definition) is 17. The highest BCUT2D eigenvalue weighted by atomic mass is 16.8. The van der Waals surface area contributed by atoms with E-state index in [1.165, 1.54) is 0 Å². The van der Waals surface area contributed by atoms with Crippen molar-refractivity contribution in [1.29, 1.82) is 0 Å². The summed E-state index contributed by atoms with van der Waals surface area (Å²) in [6, 6.07) is 0. The van der Waals surface area contributed by atoms with Crippen molar-refractivity contribution in [3.63, 3.8) is 0 Å². The van der Waals surface area contributed by atoms with Gasteiger partial charge >= 0.3 is 0 Å². The monoisotopic (exact) mass is 546 g/mol. The van der Waals surface area contributed by atoms with Gasteiger partial charge in [-0.3, -0.25) is 0 Å². The van der Waals surface area contributed by atoms with Crippen LogP contribution in [0.2, 0.25) is 0 Å². The molecule has 4 fully saturated rings. The van der Waals surface area contributed by atoms with Gasteiger partial charge in [0.05, 0.1) is 26.4 Å². The van der Waals surface area contributed by atoms with E-state index in [1.54, 1.807) is 0 Å². The smallest absolute Gasteiger partial charge is 0.187 e. The first-order chi connectivity index (χ1) is 17.5. The third-order valence-electron chi connectivity index (χ3n) is 6.73. The molecule has 0 aliphatic carbocycles. The summed E-state index contributed by atoms with van der Waals surface area (Å²) in [5, 5.41) is 100. The summed E-state index contributed by atoms with van der Waals surface area (Å²) in [5.74, 6) is 0.